The van der Waals surface area contributed by atoms with E-state index in [1.54, 1.807) is 7.11 Å². The van der Waals surface area contributed by atoms with Crippen LogP contribution >= 0.6 is 0 Å². The summed E-state index contributed by atoms with van der Waals surface area (Å²) in [7, 11) is 1.65. The third-order valence-electron chi connectivity index (χ3n) is 5.45. The molecule has 3 aromatic rings. The van der Waals surface area contributed by atoms with Gasteiger partial charge in [0.25, 0.3) is 0 Å². The summed E-state index contributed by atoms with van der Waals surface area (Å²) in [5, 5.41) is 3.96. The van der Waals surface area contributed by atoms with Crippen LogP contribution in [0.25, 0.3) is 22.2 Å². The highest BCUT2D eigenvalue weighted by Crippen LogP contribution is 2.33. The smallest absolute Gasteiger partial charge is 0.227 e. The summed E-state index contributed by atoms with van der Waals surface area (Å²) in [5.74, 6) is 1.82. The maximum Gasteiger partial charge on any atom is 0.227 e. The summed E-state index contributed by atoms with van der Waals surface area (Å²) in [6, 6.07) is 15.6. The van der Waals surface area contributed by atoms with E-state index in [1.807, 2.05) is 55.5 Å². The van der Waals surface area contributed by atoms with Crippen molar-refractivity contribution >= 4 is 22.5 Å². The fourth-order valence-corrected chi connectivity index (χ4v) is 3.89. The van der Waals surface area contributed by atoms with Gasteiger partial charge in [0, 0.05) is 28.6 Å². The van der Waals surface area contributed by atoms with Gasteiger partial charge in [-0.15, -0.1) is 0 Å². The average molecular weight is 390 g/mol. The molecule has 150 valence electrons. The van der Waals surface area contributed by atoms with Gasteiger partial charge in [0.05, 0.1) is 24.9 Å². The number of anilines is 1. The fourth-order valence-electron chi connectivity index (χ4n) is 3.89. The highest BCUT2D eigenvalue weighted by atomic mass is 16.5. The molecular weight excluding hydrogens is 364 g/mol. The molecular formula is C24H26N2O3. The average Bonchev–Trinajstić information content (AvgIpc) is 3.29. The lowest BCUT2D eigenvalue weighted by atomic mass is 10.1. The molecule has 1 heterocycles. The van der Waals surface area contributed by atoms with Gasteiger partial charge >= 0.3 is 0 Å². The third kappa shape index (κ3) is 4.19. The number of nitrogens with zero attached hydrogens (tertiary/aromatic N) is 1. The van der Waals surface area contributed by atoms with Gasteiger partial charge < -0.3 is 14.8 Å². The standard InChI is InChI=1S/C24H26N2O3/c1-3-29-23-15-22(16-8-11-19(28-2)12-9-16)26-21-13-10-18(14-20(21)23)25-24(27)17-6-4-5-7-17/h8-15,17H,3-7H2,1-2H3,(H,25,27). The molecule has 1 saturated carbocycles. The Balaban J connectivity index is 1.67. The maximum absolute atomic E-state index is 12.5. The Morgan fingerprint density at radius 2 is 1.86 bits per heavy atom. The Hall–Kier alpha value is -3.08. The summed E-state index contributed by atoms with van der Waals surface area (Å²) in [5.41, 5.74) is 3.45. The summed E-state index contributed by atoms with van der Waals surface area (Å²) in [6.07, 6.45) is 4.25. The van der Waals surface area contributed by atoms with Crippen molar-refractivity contribution in [1.29, 1.82) is 0 Å². The number of methoxy groups -OCH3 is 1. The normalized spacial score (nSPS) is 14.1. The molecule has 0 aliphatic heterocycles. The molecule has 2 aromatic carbocycles. The van der Waals surface area contributed by atoms with Crippen LogP contribution in [0.1, 0.15) is 32.6 Å². The summed E-state index contributed by atoms with van der Waals surface area (Å²) in [4.78, 5) is 17.3. The molecule has 1 aromatic heterocycles. The second kappa shape index (κ2) is 8.52. The topological polar surface area (TPSA) is 60.5 Å². The van der Waals surface area contributed by atoms with Crippen molar-refractivity contribution in [3.8, 4) is 22.8 Å². The number of rotatable bonds is 6. The minimum Gasteiger partial charge on any atom is -0.497 e. The minimum absolute atomic E-state index is 0.114. The minimum atomic E-state index is 0.114. The molecule has 5 heteroatoms. The molecule has 0 atom stereocenters. The van der Waals surface area contributed by atoms with E-state index in [4.69, 9.17) is 14.5 Å². The van der Waals surface area contributed by atoms with Crippen molar-refractivity contribution in [2.75, 3.05) is 19.0 Å². The molecule has 0 radical (unpaired) electrons. The van der Waals surface area contributed by atoms with Gasteiger partial charge in [0.15, 0.2) is 0 Å². The van der Waals surface area contributed by atoms with Crippen molar-refractivity contribution < 1.29 is 14.3 Å². The van der Waals surface area contributed by atoms with E-state index in [1.165, 1.54) is 0 Å². The molecule has 0 spiro atoms. The summed E-state index contributed by atoms with van der Waals surface area (Å²) >= 11 is 0. The SMILES string of the molecule is CCOc1cc(-c2ccc(OC)cc2)nc2ccc(NC(=O)C3CCCC3)cc12. The van der Waals surface area contributed by atoms with Crippen LogP contribution < -0.4 is 14.8 Å². The number of fused-ring (bicyclic) bond motifs is 1. The van der Waals surface area contributed by atoms with Crippen molar-refractivity contribution in [2.45, 2.75) is 32.6 Å². The number of nitrogens with one attached hydrogen (secondary N) is 1. The lowest BCUT2D eigenvalue weighted by molar-refractivity contribution is -0.119. The molecule has 29 heavy (non-hydrogen) atoms. The number of carbonyl (C=O) groups excluding carboxylic acids is 1. The molecule has 0 saturated heterocycles. The Bertz CT molecular complexity index is 1010. The van der Waals surface area contributed by atoms with E-state index < -0.39 is 0 Å². The number of pyridine rings is 1. The van der Waals surface area contributed by atoms with Crippen LogP contribution in [-0.4, -0.2) is 24.6 Å². The van der Waals surface area contributed by atoms with E-state index in [0.29, 0.717) is 6.61 Å². The number of amides is 1. The third-order valence-corrected chi connectivity index (χ3v) is 5.45. The van der Waals surface area contributed by atoms with Gasteiger partial charge in [0.1, 0.15) is 11.5 Å². The van der Waals surface area contributed by atoms with Crippen LogP contribution in [0.3, 0.4) is 0 Å². The Morgan fingerprint density at radius 1 is 1.10 bits per heavy atom. The lowest BCUT2D eigenvalue weighted by Crippen LogP contribution is -2.20. The maximum atomic E-state index is 12.5. The van der Waals surface area contributed by atoms with Crippen LogP contribution in [-0.2, 0) is 4.79 Å². The predicted molar refractivity (Wildman–Crippen MR) is 115 cm³/mol. The quantitative estimate of drug-likeness (QED) is 0.609. The molecule has 0 unspecified atom stereocenters. The highest BCUT2D eigenvalue weighted by molar-refractivity contribution is 5.97. The van der Waals surface area contributed by atoms with Crippen molar-refractivity contribution in [2.24, 2.45) is 5.92 Å². The lowest BCUT2D eigenvalue weighted by Gasteiger charge is -2.14. The molecule has 1 N–H and O–H groups in total. The second-order valence-electron chi connectivity index (χ2n) is 7.37. The first-order chi connectivity index (χ1) is 14.2. The Labute approximate surface area is 171 Å². The summed E-state index contributed by atoms with van der Waals surface area (Å²) in [6.45, 7) is 2.52. The Morgan fingerprint density at radius 3 is 2.55 bits per heavy atom. The number of benzene rings is 2. The van der Waals surface area contributed by atoms with E-state index in [0.717, 1.165) is 65.0 Å². The zero-order valence-electron chi connectivity index (χ0n) is 16.9. The van der Waals surface area contributed by atoms with Crippen molar-refractivity contribution in [3.63, 3.8) is 0 Å². The van der Waals surface area contributed by atoms with Gasteiger partial charge in [-0.05, 0) is 62.2 Å². The number of ether oxygens (including phenoxy) is 2. The predicted octanol–water partition coefficient (Wildman–Crippen LogP) is 5.44. The largest absolute Gasteiger partial charge is 0.497 e. The number of carbonyl (C=O) groups is 1. The van der Waals surface area contributed by atoms with Gasteiger partial charge in [-0.3, -0.25) is 4.79 Å². The van der Waals surface area contributed by atoms with Gasteiger partial charge in [-0.1, -0.05) is 12.8 Å². The molecule has 0 bridgehead atoms. The molecule has 1 amide bonds. The van der Waals surface area contributed by atoms with E-state index >= 15 is 0 Å². The second-order valence-corrected chi connectivity index (χ2v) is 7.37. The molecule has 1 aliphatic carbocycles. The first-order valence-corrected chi connectivity index (χ1v) is 10.2. The number of aromatic nitrogens is 1. The van der Waals surface area contributed by atoms with Crippen LogP contribution in [0.4, 0.5) is 5.69 Å². The van der Waals surface area contributed by atoms with Crippen molar-refractivity contribution in [3.05, 3.63) is 48.5 Å². The summed E-state index contributed by atoms with van der Waals surface area (Å²) < 4.78 is 11.1. The van der Waals surface area contributed by atoms with Crippen LogP contribution in [0, 0.1) is 5.92 Å². The van der Waals surface area contributed by atoms with E-state index in [2.05, 4.69) is 5.32 Å². The fraction of sp³-hybridized carbons (Fsp3) is 0.333. The molecule has 4 rings (SSSR count). The highest BCUT2D eigenvalue weighted by Gasteiger charge is 2.22. The van der Waals surface area contributed by atoms with E-state index in [9.17, 15) is 4.79 Å². The first kappa shape index (κ1) is 19.2. The zero-order valence-corrected chi connectivity index (χ0v) is 16.9. The number of hydrogen-bond donors (Lipinski definition) is 1. The van der Waals surface area contributed by atoms with Gasteiger partial charge in [0.2, 0.25) is 5.91 Å². The monoisotopic (exact) mass is 390 g/mol. The number of hydrogen-bond acceptors (Lipinski definition) is 4. The Kier molecular flexibility index (Phi) is 5.65. The van der Waals surface area contributed by atoms with E-state index in [-0.39, 0.29) is 11.8 Å². The molecule has 1 fully saturated rings. The molecule has 1 aliphatic rings. The van der Waals surface area contributed by atoms with Gasteiger partial charge in [-0.25, -0.2) is 4.98 Å². The van der Waals surface area contributed by atoms with Crippen LogP contribution in [0.2, 0.25) is 0 Å². The first-order valence-electron chi connectivity index (χ1n) is 10.2. The zero-order chi connectivity index (χ0) is 20.2. The van der Waals surface area contributed by atoms with Crippen LogP contribution in [0.5, 0.6) is 11.5 Å². The van der Waals surface area contributed by atoms with Crippen LogP contribution in [0.15, 0.2) is 48.5 Å². The van der Waals surface area contributed by atoms with Gasteiger partial charge in [-0.2, -0.15) is 0 Å². The molecule has 5 nitrogen and oxygen atoms in total. The van der Waals surface area contributed by atoms with Crippen molar-refractivity contribution in [1.82, 2.24) is 4.98 Å².